The molecule has 18 heavy (non-hydrogen) atoms. The Morgan fingerprint density at radius 3 is 2.78 bits per heavy atom. The fourth-order valence-electron chi connectivity index (χ4n) is 2.85. The largest absolute Gasteiger partial charge is 0.352 e. The molecule has 2 heterocycles. The summed E-state index contributed by atoms with van der Waals surface area (Å²) in [6.45, 7) is 6.98. The molecule has 0 aromatic heterocycles. The van der Waals surface area contributed by atoms with Gasteiger partial charge in [0.25, 0.3) is 0 Å². The minimum atomic E-state index is 0.136. The quantitative estimate of drug-likeness (QED) is 0.713. The Hall–Kier alpha value is -0.870. The lowest BCUT2D eigenvalue weighted by Crippen LogP contribution is -2.38. The molecule has 2 N–H and O–H groups in total. The maximum atomic E-state index is 12.0. The molecule has 0 bridgehead atoms. The Morgan fingerprint density at radius 2 is 2.17 bits per heavy atom. The van der Waals surface area contributed by atoms with Gasteiger partial charge in [-0.1, -0.05) is 0 Å². The van der Waals surface area contributed by atoms with Gasteiger partial charge in [-0.15, -0.1) is 0 Å². The number of carbonyl (C=O) groups is 1. The molecule has 3 rings (SSSR count). The van der Waals surface area contributed by atoms with Crippen molar-refractivity contribution in [2.24, 2.45) is 5.92 Å². The van der Waals surface area contributed by atoms with Gasteiger partial charge < -0.3 is 15.5 Å². The number of amides is 1. The van der Waals surface area contributed by atoms with Crippen molar-refractivity contribution in [1.82, 2.24) is 15.5 Å². The predicted molar refractivity (Wildman–Crippen MR) is 71.3 cm³/mol. The lowest BCUT2D eigenvalue weighted by Gasteiger charge is -2.22. The predicted octanol–water partition coefficient (Wildman–Crippen LogP) is 0.507. The summed E-state index contributed by atoms with van der Waals surface area (Å²) in [6, 6.07) is 0.871. The second-order valence-electron chi connectivity index (χ2n) is 5.92. The van der Waals surface area contributed by atoms with E-state index >= 15 is 0 Å². The highest BCUT2D eigenvalue weighted by atomic mass is 16.1. The molecule has 1 aliphatic carbocycles. The average Bonchev–Trinajstić information content (AvgIpc) is 3.04. The summed E-state index contributed by atoms with van der Waals surface area (Å²) < 4.78 is 0. The third-order valence-electron chi connectivity index (χ3n) is 4.48. The first-order chi connectivity index (χ1) is 8.74. The summed E-state index contributed by atoms with van der Waals surface area (Å²) in [4.78, 5) is 14.5. The van der Waals surface area contributed by atoms with Crippen LogP contribution in [0.15, 0.2) is 11.1 Å². The smallest absolute Gasteiger partial charge is 0.246 e. The summed E-state index contributed by atoms with van der Waals surface area (Å²) in [6.07, 6.45) is 4.02. The lowest BCUT2D eigenvalue weighted by molar-refractivity contribution is -0.117. The topological polar surface area (TPSA) is 44.4 Å². The molecule has 1 amide bonds. The average molecular weight is 249 g/mol. The highest BCUT2D eigenvalue weighted by molar-refractivity contribution is 5.93. The third kappa shape index (κ3) is 2.59. The Balaban J connectivity index is 1.42. The van der Waals surface area contributed by atoms with Crippen molar-refractivity contribution in [3.63, 3.8) is 0 Å². The summed E-state index contributed by atoms with van der Waals surface area (Å²) in [7, 11) is 0. The minimum Gasteiger partial charge on any atom is -0.352 e. The molecule has 1 atom stereocenters. The Bertz CT molecular complexity index is 367. The zero-order valence-electron chi connectivity index (χ0n) is 11.2. The van der Waals surface area contributed by atoms with Crippen molar-refractivity contribution in [1.29, 1.82) is 0 Å². The van der Waals surface area contributed by atoms with Crippen molar-refractivity contribution >= 4 is 5.91 Å². The van der Waals surface area contributed by atoms with Crippen LogP contribution in [-0.2, 0) is 4.79 Å². The van der Waals surface area contributed by atoms with E-state index in [2.05, 4.69) is 15.5 Å². The van der Waals surface area contributed by atoms with E-state index in [1.165, 1.54) is 37.9 Å². The van der Waals surface area contributed by atoms with Gasteiger partial charge in [0.1, 0.15) is 0 Å². The van der Waals surface area contributed by atoms with Crippen molar-refractivity contribution in [2.45, 2.75) is 32.2 Å². The monoisotopic (exact) mass is 249 g/mol. The van der Waals surface area contributed by atoms with Crippen LogP contribution in [0.5, 0.6) is 0 Å². The molecular formula is C14H23N3O. The van der Waals surface area contributed by atoms with Gasteiger partial charge in [0.15, 0.2) is 0 Å². The molecule has 100 valence electrons. The fourth-order valence-corrected chi connectivity index (χ4v) is 2.85. The highest BCUT2D eigenvalue weighted by Crippen LogP contribution is 2.31. The molecule has 2 aliphatic heterocycles. The zero-order chi connectivity index (χ0) is 12.5. The number of nitrogens with zero attached hydrogens (tertiary/aromatic N) is 1. The third-order valence-corrected chi connectivity index (χ3v) is 4.48. The van der Waals surface area contributed by atoms with Crippen LogP contribution in [0.1, 0.15) is 26.2 Å². The second-order valence-corrected chi connectivity index (χ2v) is 5.92. The molecule has 4 nitrogen and oxygen atoms in total. The van der Waals surface area contributed by atoms with Crippen molar-refractivity contribution in [3.8, 4) is 0 Å². The molecule has 1 saturated carbocycles. The summed E-state index contributed by atoms with van der Waals surface area (Å²) >= 11 is 0. The van der Waals surface area contributed by atoms with E-state index < -0.39 is 0 Å². The van der Waals surface area contributed by atoms with Crippen LogP contribution in [0.25, 0.3) is 0 Å². The first kappa shape index (κ1) is 12.2. The van der Waals surface area contributed by atoms with Crippen molar-refractivity contribution in [2.75, 3.05) is 32.7 Å². The van der Waals surface area contributed by atoms with Crippen LogP contribution in [0.2, 0.25) is 0 Å². The minimum absolute atomic E-state index is 0.136. The van der Waals surface area contributed by atoms with E-state index in [9.17, 15) is 4.79 Å². The number of likely N-dealkylation sites (tertiary alicyclic amines) is 1. The highest BCUT2D eigenvalue weighted by Gasteiger charge is 2.34. The van der Waals surface area contributed by atoms with Crippen LogP contribution in [0.3, 0.4) is 0 Å². The standard InChI is InChI=1S/C14H23N3O/c1-10(12-7-15-8-12)14(18)16-6-11-4-5-17(9-11)13-2-3-13/h11,13,15H,2-9H2,1H3,(H,16,18). The number of hydrogen-bond donors (Lipinski definition) is 2. The van der Waals surface area contributed by atoms with Gasteiger partial charge in [0.05, 0.1) is 0 Å². The maximum absolute atomic E-state index is 12.0. The molecule has 1 unspecified atom stereocenters. The van der Waals surface area contributed by atoms with Crippen LogP contribution in [0, 0.1) is 5.92 Å². The molecule has 0 aromatic rings. The molecule has 3 fully saturated rings. The van der Waals surface area contributed by atoms with E-state index in [4.69, 9.17) is 0 Å². The summed E-state index contributed by atoms with van der Waals surface area (Å²) in [5.74, 6) is 0.795. The normalized spacial score (nSPS) is 28.1. The van der Waals surface area contributed by atoms with Gasteiger partial charge in [-0.2, -0.15) is 0 Å². The van der Waals surface area contributed by atoms with Gasteiger partial charge in [0.2, 0.25) is 5.91 Å². The van der Waals surface area contributed by atoms with E-state index in [0.29, 0.717) is 5.92 Å². The molecule has 3 aliphatic rings. The van der Waals surface area contributed by atoms with Crippen LogP contribution in [-0.4, -0.2) is 49.6 Å². The lowest BCUT2D eigenvalue weighted by atomic mass is 10.0. The van der Waals surface area contributed by atoms with Crippen LogP contribution < -0.4 is 10.6 Å². The first-order valence-electron chi connectivity index (χ1n) is 7.15. The van der Waals surface area contributed by atoms with Gasteiger partial charge in [-0.3, -0.25) is 4.79 Å². The summed E-state index contributed by atoms with van der Waals surface area (Å²) in [5, 5.41) is 6.28. The Kier molecular flexibility index (Phi) is 3.39. The number of hydrogen-bond acceptors (Lipinski definition) is 3. The van der Waals surface area contributed by atoms with E-state index in [1.54, 1.807) is 0 Å². The number of rotatable bonds is 4. The van der Waals surface area contributed by atoms with E-state index in [1.807, 2.05) is 6.92 Å². The van der Waals surface area contributed by atoms with Crippen LogP contribution in [0.4, 0.5) is 0 Å². The van der Waals surface area contributed by atoms with Crippen molar-refractivity contribution < 1.29 is 4.79 Å². The SMILES string of the molecule is CC(C(=O)NCC1CCN(C2CC2)C1)=C1CNC1. The molecule has 0 radical (unpaired) electrons. The van der Waals surface area contributed by atoms with Gasteiger partial charge in [0, 0.05) is 37.8 Å². The van der Waals surface area contributed by atoms with Gasteiger partial charge in [-0.05, 0) is 44.2 Å². The molecule has 0 aromatic carbocycles. The van der Waals surface area contributed by atoms with E-state index in [-0.39, 0.29) is 5.91 Å². The van der Waals surface area contributed by atoms with Crippen LogP contribution >= 0.6 is 0 Å². The molecule has 0 spiro atoms. The first-order valence-corrected chi connectivity index (χ1v) is 7.15. The van der Waals surface area contributed by atoms with Crippen molar-refractivity contribution in [3.05, 3.63) is 11.1 Å². The van der Waals surface area contributed by atoms with E-state index in [0.717, 1.165) is 31.2 Å². The van der Waals surface area contributed by atoms with Gasteiger partial charge >= 0.3 is 0 Å². The molecule has 2 saturated heterocycles. The fraction of sp³-hybridized carbons (Fsp3) is 0.786. The number of nitrogens with one attached hydrogen (secondary N) is 2. The molecule has 4 heteroatoms. The van der Waals surface area contributed by atoms with Gasteiger partial charge in [-0.25, -0.2) is 0 Å². The maximum Gasteiger partial charge on any atom is 0.246 e. The second kappa shape index (κ2) is 5.02. The Morgan fingerprint density at radius 1 is 1.39 bits per heavy atom. The molecular weight excluding hydrogens is 226 g/mol. The zero-order valence-corrected chi connectivity index (χ0v) is 11.2. The summed E-state index contributed by atoms with van der Waals surface area (Å²) in [5.41, 5.74) is 2.18. The number of carbonyl (C=O) groups excluding carboxylic acids is 1. The Labute approximate surface area is 109 Å².